The molecule has 6 heteroatoms. The normalized spacial score (nSPS) is 17.0. The monoisotopic (exact) mass is 220 g/mol. The minimum Gasteiger partial charge on any atom is -0.595 e. The Kier molecular flexibility index (Phi) is 4.06. The van der Waals surface area contributed by atoms with Gasteiger partial charge in [-0.05, 0) is 6.92 Å². The van der Waals surface area contributed by atoms with E-state index in [1.165, 1.54) is 0 Å². The Bertz CT molecular complexity index is 272. The molecule has 0 rings (SSSR count). The van der Waals surface area contributed by atoms with E-state index in [0.717, 1.165) is 6.92 Å². The Morgan fingerprint density at radius 2 is 1.93 bits per heavy atom. The third kappa shape index (κ3) is 4.62. The first-order valence-electron chi connectivity index (χ1n) is 4.36. The number of halogens is 1. The molecule has 0 aromatic heterocycles. The Balaban J connectivity index is 4.79. The van der Waals surface area contributed by atoms with E-state index in [4.69, 9.17) is 9.84 Å². The van der Waals surface area contributed by atoms with Gasteiger partial charge < -0.3 is 14.9 Å². The molecule has 0 radical (unpaired) electrons. The van der Waals surface area contributed by atoms with Gasteiger partial charge in [-0.1, -0.05) is 20.8 Å². The molecule has 0 aromatic rings. The smallest absolute Gasteiger partial charge is 0.334 e. The van der Waals surface area contributed by atoms with Gasteiger partial charge in [-0.3, -0.25) is 0 Å². The number of carbonyl (C=O) groups is 1. The van der Waals surface area contributed by atoms with Crippen LogP contribution in [0.25, 0.3) is 0 Å². The minimum atomic E-state index is -2.07. The molecule has 0 aliphatic rings. The van der Waals surface area contributed by atoms with Crippen molar-refractivity contribution in [2.45, 2.75) is 38.8 Å². The van der Waals surface area contributed by atoms with Gasteiger partial charge in [0, 0.05) is 5.60 Å². The first kappa shape index (κ1) is 13.7. The van der Waals surface area contributed by atoms with Crippen molar-refractivity contribution in [3.05, 3.63) is 0 Å². The molecule has 0 spiro atoms. The van der Waals surface area contributed by atoms with E-state index in [1.807, 2.05) is 0 Å². The maximum atomic E-state index is 12.4. The third-order valence-electron chi connectivity index (χ3n) is 1.45. The summed E-state index contributed by atoms with van der Waals surface area (Å²) in [4.78, 5) is 13.8. The fourth-order valence-corrected chi connectivity index (χ4v) is 0.621. The summed E-state index contributed by atoms with van der Waals surface area (Å²) in [5.74, 6) is -1.50. The molecular formula is C9H15FNO4-. The van der Waals surface area contributed by atoms with Crippen molar-refractivity contribution in [1.29, 1.82) is 0 Å². The van der Waals surface area contributed by atoms with Crippen molar-refractivity contribution in [3.63, 3.8) is 0 Å². The highest BCUT2D eigenvalue weighted by molar-refractivity contribution is 5.81. The van der Waals surface area contributed by atoms with Crippen LogP contribution in [0, 0.1) is 0 Å². The molecule has 1 atom stereocenters. The number of aliphatic imine (C=N–C) groups is 1. The van der Waals surface area contributed by atoms with Crippen LogP contribution >= 0.6 is 0 Å². The highest BCUT2D eigenvalue weighted by atomic mass is 19.1. The van der Waals surface area contributed by atoms with E-state index < -0.39 is 29.9 Å². The van der Waals surface area contributed by atoms with Gasteiger partial charge in [0.15, 0.2) is 5.54 Å². The molecule has 0 saturated heterocycles. The molecule has 5 nitrogen and oxygen atoms in total. The van der Waals surface area contributed by atoms with E-state index in [1.54, 1.807) is 20.8 Å². The van der Waals surface area contributed by atoms with E-state index in [2.05, 4.69) is 4.99 Å². The molecule has 0 aromatic carbocycles. The third-order valence-corrected chi connectivity index (χ3v) is 1.45. The molecule has 0 saturated carbocycles. The highest BCUT2D eigenvalue weighted by Gasteiger charge is 2.32. The largest absolute Gasteiger partial charge is 0.595 e. The molecule has 0 aliphatic heterocycles. The molecule has 88 valence electrons. The second kappa shape index (κ2) is 4.46. The number of carboxylic acid groups (broad SMARTS) is 1. The molecule has 0 amide bonds. The number of aliphatic carboxylic acids is 1. The second-order valence-electron chi connectivity index (χ2n) is 4.30. The van der Waals surface area contributed by atoms with Crippen molar-refractivity contribution < 1.29 is 24.1 Å². The van der Waals surface area contributed by atoms with Crippen molar-refractivity contribution in [2.75, 3.05) is 6.67 Å². The summed E-state index contributed by atoms with van der Waals surface area (Å²) in [6.45, 7) is 4.57. The molecule has 15 heavy (non-hydrogen) atoms. The Morgan fingerprint density at radius 1 is 1.47 bits per heavy atom. The molecule has 0 bridgehead atoms. The average molecular weight is 220 g/mol. The lowest BCUT2D eigenvalue weighted by atomic mass is 10.1. The lowest BCUT2D eigenvalue weighted by Gasteiger charge is -2.31. The first-order chi connectivity index (χ1) is 6.60. The average Bonchev–Trinajstić information content (AvgIpc) is 1.99. The Hall–Kier alpha value is -1.33. The number of hydrogen-bond acceptors (Lipinski definition) is 4. The SMILES string of the molecule is CC(C)(C)OC([O-])=NC(C)(CF)C(=O)O. The summed E-state index contributed by atoms with van der Waals surface area (Å²) in [6.07, 6.45) is -1.08. The minimum absolute atomic E-state index is 0.781. The maximum Gasteiger partial charge on any atom is 0.334 e. The number of carboxylic acids is 1. The fraction of sp³-hybridized carbons (Fsp3) is 0.778. The number of alkyl halides is 1. The van der Waals surface area contributed by atoms with Crippen molar-refractivity contribution >= 4 is 12.1 Å². The van der Waals surface area contributed by atoms with Crippen LogP contribution in [0.4, 0.5) is 4.39 Å². The molecule has 0 aliphatic carbocycles. The quantitative estimate of drug-likeness (QED) is 0.549. The van der Waals surface area contributed by atoms with Crippen LogP contribution in [0.5, 0.6) is 0 Å². The van der Waals surface area contributed by atoms with Gasteiger partial charge in [-0.25, -0.2) is 14.2 Å². The number of ether oxygens (including phenoxy) is 1. The van der Waals surface area contributed by atoms with Crippen LogP contribution in [0.2, 0.25) is 0 Å². The second-order valence-corrected chi connectivity index (χ2v) is 4.30. The first-order valence-corrected chi connectivity index (χ1v) is 4.36. The van der Waals surface area contributed by atoms with Crippen molar-refractivity contribution in [2.24, 2.45) is 4.99 Å². The van der Waals surface area contributed by atoms with Crippen LogP contribution in [-0.2, 0) is 9.53 Å². The van der Waals surface area contributed by atoms with Crippen LogP contribution in [-0.4, -0.2) is 35.0 Å². The van der Waals surface area contributed by atoms with Gasteiger partial charge in [0.05, 0.1) is 0 Å². The summed E-state index contributed by atoms with van der Waals surface area (Å²) >= 11 is 0. The van der Waals surface area contributed by atoms with Crippen LogP contribution in [0.3, 0.4) is 0 Å². The van der Waals surface area contributed by atoms with Gasteiger partial charge in [0.1, 0.15) is 12.8 Å². The lowest BCUT2D eigenvalue weighted by molar-refractivity contribution is -0.261. The van der Waals surface area contributed by atoms with Crippen LogP contribution < -0.4 is 5.11 Å². The predicted molar refractivity (Wildman–Crippen MR) is 50.3 cm³/mol. The van der Waals surface area contributed by atoms with Crippen LogP contribution in [0.15, 0.2) is 4.99 Å². The molecule has 1 unspecified atom stereocenters. The number of hydrogen-bond donors (Lipinski definition) is 1. The molecule has 1 N–H and O–H groups in total. The topological polar surface area (TPSA) is 82.0 Å². The van der Waals surface area contributed by atoms with E-state index in [9.17, 15) is 14.3 Å². The summed E-state index contributed by atoms with van der Waals surface area (Å²) in [5, 5.41) is 19.8. The zero-order valence-electron chi connectivity index (χ0n) is 9.20. The van der Waals surface area contributed by atoms with Crippen molar-refractivity contribution in [3.8, 4) is 0 Å². The Morgan fingerprint density at radius 3 is 2.20 bits per heavy atom. The molecule has 0 fully saturated rings. The lowest BCUT2D eigenvalue weighted by Crippen LogP contribution is -2.41. The maximum absolute atomic E-state index is 12.4. The fourth-order valence-electron chi connectivity index (χ4n) is 0.621. The molecule has 0 heterocycles. The number of nitrogens with zero attached hydrogens (tertiary/aromatic N) is 1. The van der Waals surface area contributed by atoms with Gasteiger partial charge in [-0.2, -0.15) is 0 Å². The summed E-state index contributed by atoms with van der Waals surface area (Å²) in [6, 6.07) is 0. The zero-order valence-corrected chi connectivity index (χ0v) is 9.20. The highest BCUT2D eigenvalue weighted by Crippen LogP contribution is 2.13. The van der Waals surface area contributed by atoms with Crippen molar-refractivity contribution in [1.82, 2.24) is 0 Å². The van der Waals surface area contributed by atoms with Gasteiger partial charge in [0.2, 0.25) is 0 Å². The van der Waals surface area contributed by atoms with Gasteiger partial charge >= 0.3 is 5.97 Å². The molecular weight excluding hydrogens is 205 g/mol. The Labute approximate surface area is 87.6 Å². The summed E-state index contributed by atoms with van der Waals surface area (Å²) < 4.78 is 17.2. The standard InChI is InChI=1S/C9H16FNO4/c1-8(2,3)15-7(14)11-9(4,5-10)6(12)13/h5H2,1-4H3,(H,11,14)(H,12,13)/p-1. The summed E-state index contributed by atoms with van der Waals surface area (Å²) in [5.41, 5.74) is -2.85. The predicted octanol–water partition coefficient (Wildman–Crippen LogP) is 0.331. The number of rotatable bonds is 3. The van der Waals surface area contributed by atoms with E-state index >= 15 is 0 Å². The zero-order chi connectivity index (χ0) is 12.3. The van der Waals surface area contributed by atoms with E-state index in [0.29, 0.717) is 0 Å². The van der Waals surface area contributed by atoms with Gasteiger partial charge in [-0.15, -0.1) is 0 Å². The van der Waals surface area contributed by atoms with Crippen LogP contribution in [0.1, 0.15) is 27.7 Å². The summed E-state index contributed by atoms with van der Waals surface area (Å²) in [7, 11) is 0. The van der Waals surface area contributed by atoms with E-state index in [-0.39, 0.29) is 0 Å². The van der Waals surface area contributed by atoms with Gasteiger partial charge in [0.25, 0.3) is 0 Å².